The third-order valence-corrected chi connectivity index (χ3v) is 2.85. The van der Waals surface area contributed by atoms with Crippen LogP contribution in [0.25, 0.3) is 0 Å². The molecule has 0 saturated heterocycles. The summed E-state index contributed by atoms with van der Waals surface area (Å²) in [5.74, 6) is 0.653. The molecule has 0 fully saturated rings. The summed E-state index contributed by atoms with van der Waals surface area (Å²) < 4.78 is 16.1. The molecular formula is C18H23N3O4. The predicted molar refractivity (Wildman–Crippen MR) is 93.5 cm³/mol. The van der Waals surface area contributed by atoms with Crippen LogP contribution in [0.1, 0.15) is 26.3 Å². The molecule has 25 heavy (non-hydrogen) atoms. The second-order valence-electron chi connectivity index (χ2n) is 6.25. The molecule has 0 radical (unpaired) electrons. The first kappa shape index (κ1) is 18.7. The van der Waals surface area contributed by atoms with E-state index in [9.17, 15) is 4.79 Å². The Bertz CT molecular complexity index is 654. The van der Waals surface area contributed by atoms with Gasteiger partial charge >= 0.3 is 6.09 Å². The molecule has 7 nitrogen and oxygen atoms in total. The van der Waals surface area contributed by atoms with Crippen LogP contribution in [0.2, 0.25) is 0 Å². The SMILES string of the molecule is CC(C)(C)OC(=O)Nc1cnc(OCCOCc2ccccc2)cn1. The van der Waals surface area contributed by atoms with Crippen molar-refractivity contribution in [2.75, 3.05) is 18.5 Å². The zero-order valence-electron chi connectivity index (χ0n) is 14.7. The normalized spacial score (nSPS) is 11.0. The van der Waals surface area contributed by atoms with Crippen molar-refractivity contribution in [1.29, 1.82) is 0 Å². The fourth-order valence-corrected chi connectivity index (χ4v) is 1.83. The number of benzene rings is 1. The lowest BCUT2D eigenvalue weighted by molar-refractivity contribution is 0.0635. The molecule has 2 aromatic rings. The van der Waals surface area contributed by atoms with Gasteiger partial charge in [-0.25, -0.2) is 14.8 Å². The van der Waals surface area contributed by atoms with Crippen LogP contribution in [0.15, 0.2) is 42.7 Å². The highest BCUT2D eigenvalue weighted by molar-refractivity contribution is 5.83. The van der Waals surface area contributed by atoms with Gasteiger partial charge in [-0.3, -0.25) is 5.32 Å². The minimum atomic E-state index is -0.579. The highest BCUT2D eigenvalue weighted by atomic mass is 16.6. The van der Waals surface area contributed by atoms with Gasteiger partial charge < -0.3 is 14.2 Å². The smallest absolute Gasteiger partial charge is 0.413 e. The monoisotopic (exact) mass is 345 g/mol. The Labute approximate surface area is 147 Å². The van der Waals surface area contributed by atoms with Gasteiger partial charge in [0.15, 0.2) is 5.82 Å². The summed E-state index contributed by atoms with van der Waals surface area (Å²) in [7, 11) is 0. The maximum Gasteiger partial charge on any atom is 0.413 e. The van der Waals surface area contributed by atoms with Gasteiger partial charge in [-0.2, -0.15) is 0 Å². The number of aromatic nitrogens is 2. The molecule has 2 rings (SSSR count). The molecule has 1 aromatic carbocycles. The number of hydrogen-bond donors (Lipinski definition) is 1. The standard InChI is InChI=1S/C18H23N3O4/c1-18(2,3)25-17(22)21-15-11-20-16(12-19-15)24-10-9-23-13-14-7-5-4-6-8-14/h4-8,11-12H,9-10,13H2,1-3H3,(H,19,21,22). The average molecular weight is 345 g/mol. The van der Waals surface area contributed by atoms with Crippen LogP contribution >= 0.6 is 0 Å². The molecule has 0 unspecified atom stereocenters. The number of nitrogens with one attached hydrogen (secondary N) is 1. The van der Waals surface area contributed by atoms with Crippen LogP contribution < -0.4 is 10.1 Å². The molecule has 1 aromatic heterocycles. The second kappa shape index (κ2) is 8.98. The topological polar surface area (TPSA) is 82.6 Å². The Morgan fingerprint density at radius 3 is 2.48 bits per heavy atom. The van der Waals surface area contributed by atoms with Gasteiger partial charge in [0.25, 0.3) is 0 Å². The van der Waals surface area contributed by atoms with Crippen molar-refractivity contribution in [2.45, 2.75) is 33.0 Å². The minimum absolute atomic E-state index is 0.293. The first-order valence-corrected chi connectivity index (χ1v) is 7.99. The van der Waals surface area contributed by atoms with E-state index >= 15 is 0 Å². The number of hydrogen-bond acceptors (Lipinski definition) is 6. The minimum Gasteiger partial charge on any atom is -0.474 e. The van der Waals surface area contributed by atoms with Gasteiger partial charge in [0.2, 0.25) is 5.88 Å². The van der Waals surface area contributed by atoms with Crippen molar-refractivity contribution in [3.8, 4) is 5.88 Å². The second-order valence-corrected chi connectivity index (χ2v) is 6.25. The van der Waals surface area contributed by atoms with Crippen LogP contribution in [0.5, 0.6) is 5.88 Å². The fraction of sp³-hybridized carbons (Fsp3) is 0.389. The van der Waals surface area contributed by atoms with E-state index in [0.29, 0.717) is 31.5 Å². The van der Waals surface area contributed by atoms with Crippen LogP contribution in [0.4, 0.5) is 10.6 Å². The molecular weight excluding hydrogens is 322 g/mol. The number of amides is 1. The number of anilines is 1. The quantitative estimate of drug-likeness (QED) is 0.774. The van der Waals surface area contributed by atoms with E-state index in [1.54, 1.807) is 20.8 Å². The maximum absolute atomic E-state index is 11.6. The Morgan fingerprint density at radius 2 is 1.84 bits per heavy atom. The van der Waals surface area contributed by atoms with Gasteiger partial charge in [0.1, 0.15) is 12.2 Å². The number of ether oxygens (including phenoxy) is 3. The average Bonchev–Trinajstić information content (AvgIpc) is 2.55. The largest absolute Gasteiger partial charge is 0.474 e. The Kier molecular flexibility index (Phi) is 6.71. The molecule has 134 valence electrons. The van der Waals surface area contributed by atoms with Gasteiger partial charge in [0.05, 0.1) is 25.6 Å². The van der Waals surface area contributed by atoms with E-state index in [-0.39, 0.29) is 0 Å². The summed E-state index contributed by atoms with van der Waals surface area (Å²) in [6.07, 6.45) is 2.26. The van der Waals surface area contributed by atoms with E-state index < -0.39 is 11.7 Å². The summed E-state index contributed by atoms with van der Waals surface area (Å²) >= 11 is 0. The summed E-state index contributed by atoms with van der Waals surface area (Å²) in [4.78, 5) is 19.8. The lowest BCUT2D eigenvalue weighted by Crippen LogP contribution is -2.27. The number of rotatable bonds is 7. The molecule has 0 aliphatic rings. The molecule has 0 aliphatic heterocycles. The lowest BCUT2D eigenvalue weighted by atomic mass is 10.2. The molecule has 1 amide bonds. The van der Waals surface area contributed by atoms with E-state index in [1.165, 1.54) is 12.4 Å². The molecule has 0 aliphatic carbocycles. The molecule has 0 saturated carbocycles. The lowest BCUT2D eigenvalue weighted by Gasteiger charge is -2.19. The van der Waals surface area contributed by atoms with Crippen molar-refractivity contribution in [3.63, 3.8) is 0 Å². The summed E-state index contributed by atoms with van der Waals surface area (Å²) in [5.41, 5.74) is 0.542. The number of carbonyl (C=O) groups excluding carboxylic acids is 1. The van der Waals surface area contributed by atoms with E-state index in [2.05, 4.69) is 15.3 Å². The number of carbonyl (C=O) groups is 1. The van der Waals surface area contributed by atoms with Crippen molar-refractivity contribution >= 4 is 11.9 Å². The van der Waals surface area contributed by atoms with Crippen molar-refractivity contribution in [2.24, 2.45) is 0 Å². The molecule has 7 heteroatoms. The van der Waals surface area contributed by atoms with Gasteiger partial charge in [0, 0.05) is 0 Å². The first-order valence-electron chi connectivity index (χ1n) is 7.99. The third kappa shape index (κ3) is 7.63. The van der Waals surface area contributed by atoms with Crippen LogP contribution in [-0.2, 0) is 16.1 Å². The molecule has 0 atom stereocenters. The van der Waals surface area contributed by atoms with Crippen molar-refractivity contribution in [3.05, 3.63) is 48.3 Å². The van der Waals surface area contributed by atoms with Crippen LogP contribution in [0.3, 0.4) is 0 Å². The Morgan fingerprint density at radius 1 is 1.08 bits per heavy atom. The predicted octanol–water partition coefficient (Wildman–Crippen LogP) is 3.42. The summed E-state index contributed by atoms with van der Waals surface area (Å²) in [6.45, 7) is 6.70. The van der Waals surface area contributed by atoms with Gasteiger partial charge in [-0.15, -0.1) is 0 Å². The highest BCUT2D eigenvalue weighted by Crippen LogP contribution is 2.11. The van der Waals surface area contributed by atoms with Gasteiger partial charge in [-0.1, -0.05) is 30.3 Å². The third-order valence-electron chi connectivity index (χ3n) is 2.85. The Balaban J connectivity index is 1.67. The molecule has 0 spiro atoms. The zero-order chi connectivity index (χ0) is 18.1. The van der Waals surface area contributed by atoms with Crippen molar-refractivity contribution < 1.29 is 19.0 Å². The molecule has 1 heterocycles. The van der Waals surface area contributed by atoms with Crippen LogP contribution in [-0.4, -0.2) is 34.9 Å². The highest BCUT2D eigenvalue weighted by Gasteiger charge is 2.16. The molecule has 0 bridgehead atoms. The fourth-order valence-electron chi connectivity index (χ4n) is 1.83. The zero-order valence-corrected chi connectivity index (χ0v) is 14.7. The summed E-state index contributed by atoms with van der Waals surface area (Å²) in [5, 5.41) is 2.51. The van der Waals surface area contributed by atoms with Crippen LogP contribution in [0, 0.1) is 0 Å². The summed E-state index contributed by atoms with van der Waals surface area (Å²) in [6, 6.07) is 9.91. The van der Waals surface area contributed by atoms with Crippen molar-refractivity contribution in [1.82, 2.24) is 9.97 Å². The Hall–Kier alpha value is -2.67. The van der Waals surface area contributed by atoms with E-state index in [1.807, 2.05) is 30.3 Å². The number of nitrogens with zero attached hydrogens (tertiary/aromatic N) is 2. The first-order chi connectivity index (χ1) is 11.9. The maximum atomic E-state index is 11.6. The molecule has 1 N–H and O–H groups in total. The van der Waals surface area contributed by atoms with Gasteiger partial charge in [-0.05, 0) is 26.3 Å². The van der Waals surface area contributed by atoms with E-state index in [4.69, 9.17) is 14.2 Å². The van der Waals surface area contributed by atoms with E-state index in [0.717, 1.165) is 5.56 Å².